The smallest absolute Gasteiger partial charge is 0.338 e. The first kappa shape index (κ1) is 11.9. The van der Waals surface area contributed by atoms with Gasteiger partial charge >= 0.3 is 5.97 Å². The van der Waals surface area contributed by atoms with Gasteiger partial charge in [0.1, 0.15) is 12.2 Å². The van der Waals surface area contributed by atoms with Crippen LogP contribution in [-0.2, 0) is 18.6 Å². The maximum Gasteiger partial charge on any atom is 0.338 e. The molecule has 0 aromatic heterocycles. The topological polar surface area (TPSA) is 65.1 Å². The molecule has 0 aliphatic carbocycles. The highest BCUT2D eigenvalue weighted by Crippen LogP contribution is 2.67. The Morgan fingerprint density at radius 1 is 1.39 bits per heavy atom. The summed E-state index contributed by atoms with van der Waals surface area (Å²) in [5.41, 5.74) is 0.480. The predicted molar refractivity (Wildman–Crippen MR) is 63.8 cm³/mol. The average Bonchev–Trinajstić information content (AvgIpc) is 3.15. The van der Waals surface area contributed by atoms with E-state index in [-0.39, 0.29) is 18.1 Å². The zero-order valence-electron chi connectivity index (χ0n) is 9.81. The minimum Gasteiger partial charge on any atom is -0.455 e. The molecule has 2 fully saturated rings. The van der Waals surface area contributed by atoms with Gasteiger partial charge in [0.05, 0.1) is 11.7 Å². The van der Waals surface area contributed by atoms with Gasteiger partial charge in [-0.2, -0.15) is 0 Å². The number of epoxide rings is 1. The molecule has 3 rings (SSSR count). The standard InChI is InChI=1S/C12H13O5P/c1-15-18(14)7-9(10-12(18)17-10)16-11(13)8-5-3-2-4-6-8/h2-6,9-10,12H,7H2,1H3/t9-,10+,12-,18+/m1/s1. The van der Waals surface area contributed by atoms with Crippen LogP contribution in [0, 0.1) is 0 Å². The van der Waals surface area contributed by atoms with E-state index < -0.39 is 19.4 Å². The molecule has 2 saturated heterocycles. The van der Waals surface area contributed by atoms with E-state index in [4.69, 9.17) is 14.0 Å². The fourth-order valence-corrected chi connectivity index (χ4v) is 4.54. The van der Waals surface area contributed by atoms with E-state index in [1.54, 1.807) is 24.3 Å². The van der Waals surface area contributed by atoms with Crippen LogP contribution in [0.1, 0.15) is 10.4 Å². The molecule has 0 unspecified atom stereocenters. The van der Waals surface area contributed by atoms with Crippen molar-refractivity contribution >= 4 is 13.3 Å². The molecule has 0 amide bonds. The lowest BCUT2D eigenvalue weighted by Gasteiger charge is -2.15. The molecule has 0 spiro atoms. The molecule has 1 aromatic carbocycles. The number of hydrogen-bond donors (Lipinski definition) is 0. The van der Waals surface area contributed by atoms with E-state index in [0.717, 1.165) is 0 Å². The van der Waals surface area contributed by atoms with Gasteiger partial charge < -0.3 is 14.0 Å². The summed E-state index contributed by atoms with van der Waals surface area (Å²) in [6.45, 7) is 0. The first-order valence-corrected chi connectivity index (χ1v) is 7.58. The van der Waals surface area contributed by atoms with Crippen molar-refractivity contribution in [3.8, 4) is 0 Å². The summed E-state index contributed by atoms with van der Waals surface area (Å²) in [5.74, 6) is -0.796. The summed E-state index contributed by atoms with van der Waals surface area (Å²) < 4.78 is 27.7. The lowest BCUT2D eigenvalue weighted by molar-refractivity contribution is 0.0282. The summed E-state index contributed by atoms with van der Waals surface area (Å²) in [5, 5.41) is 0. The van der Waals surface area contributed by atoms with Gasteiger partial charge in [-0.3, -0.25) is 4.57 Å². The summed E-state index contributed by atoms with van der Waals surface area (Å²) in [7, 11) is -1.37. The minimum absolute atomic E-state index is 0.247. The molecule has 0 radical (unpaired) electrons. The van der Waals surface area contributed by atoms with Gasteiger partial charge in [-0.05, 0) is 12.1 Å². The number of rotatable bonds is 3. The van der Waals surface area contributed by atoms with Crippen molar-refractivity contribution in [3.63, 3.8) is 0 Å². The van der Waals surface area contributed by atoms with Crippen molar-refractivity contribution in [1.29, 1.82) is 0 Å². The van der Waals surface area contributed by atoms with E-state index >= 15 is 0 Å². The van der Waals surface area contributed by atoms with Gasteiger partial charge in [0.2, 0.25) is 7.37 Å². The number of esters is 1. The zero-order chi connectivity index (χ0) is 12.8. The average molecular weight is 268 g/mol. The molecule has 5 nitrogen and oxygen atoms in total. The Labute approximate surface area is 104 Å². The van der Waals surface area contributed by atoms with Crippen LogP contribution >= 0.6 is 7.37 Å². The molecular weight excluding hydrogens is 255 g/mol. The number of benzene rings is 1. The molecule has 4 atom stereocenters. The van der Waals surface area contributed by atoms with Gasteiger partial charge in [-0.25, -0.2) is 4.79 Å². The molecule has 2 aliphatic heterocycles. The third kappa shape index (κ3) is 1.88. The Balaban J connectivity index is 1.69. The second kappa shape index (κ2) is 4.19. The minimum atomic E-state index is -2.77. The SMILES string of the molecule is CO[P@@]1(=O)C[C@@H](OC(=O)c2ccccc2)[C@@H]2O[C@@H]21. The Bertz CT molecular complexity index is 514. The Hall–Kier alpha value is -1.16. The third-order valence-corrected chi connectivity index (χ3v) is 5.94. The first-order chi connectivity index (χ1) is 8.64. The molecule has 0 bridgehead atoms. The van der Waals surface area contributed by atoms with Crippen LogP contribution in [0.4, 0.5) is 0 Å². The fraction of sp³-hybridized carbons (Fsp3) is 0.417. The van der Waals surface area contributed by atoms with Crippen LogP contribution in [0.3, 0.4) is 0 Å². The quantitative estimate of drug-likeness (QED) is 0.475. The number of fused-ring (bicyclic) bond motifs is 1. The van der Waals surface area contributed by atoms with Crippen LogP contribution < -0.4 is 0 Å². The van der Waals surface area contributed by atoms with E-state index in [0.29, 0.717) is 5.56 Å². The molecule has 0 saturated carbocycles. The summed E-state index contributed by atoms with van der Waals surface area (Å²) >= 11 is 0. The molecule has 0 N–H and O–H groups in total. The van der Waals surface area contributed by atoms with Crippen molar-refractivity contribution in [2.45, 2.75) is 18.1 Å². The molecule has 2 aliphatic rings. The van der Waals surface area contributed by atoms with Crippen molar-refractivity contribution in [2.24, 2.45) is 0 Å². The van der Waals surface area contributed by atoms with Crippen LogP contribution in [-0.4, -0.2) is 37.3 Å². The maximum atomic E-state index is 12.1. The number of carbonyl (C=O) groups excluding carboxylic acids is 1. The molecule has 1 aromatic rings. The van der Waals surface area contributed by atoms with Crippen molar-refractivity contribution in [1.82, 2.24) is 0 Å². The van der Waals surface area contributed by atoms with Crippen LogP contribution in [0.5, 0.6) is 0 Å². The highest BCUT2D eigenvalue weighted by Gasteiger charge is 2.65. The molecule has 2 heterocycles. The van der Waals surface area contributed by atoms with Crippen molar-refractivity contribution < 1.29 is 23.4 Å². The largest absolute Gasteiger partial charge is 0.455 e. The monoisotopic (exact) mass is 268 g/mol. The summed E-state index contributed by atoms with van der Waals surface area (Å²) in [4.78, 5) is 11.9. The van der Waals surface area contributed by atoms with E-state index in [2.05, 4.69) is 0 Å². The van der Waals surface area contributed by atoms with Gasteiger partial charge in [0.25, 0.3) is 0 Å². The zero-order valence-corrected chi connectivity index (χ0v) is 10.7. The van der Waals surface area contributed by atoms with Crippen LogP contribution in [0.25, 0.3) is 0 Å². The normalized spacial score (nSPS) is 37.1. The summed E-state index contributed by atoms with van der Waals surface area (Å²) in [6.07, 6.45) is -0.478. The molecule has 96 valence electrons. The number of hydrogen-bond acceptors (Lipinski definition) is 5. The van der Waals surface area contributed by atoms with E-state index in [9.17, 15) is 9.36 Å². The lowest BCUT2D eigenvalue weighted by atomic mass is 10.2. The second-order valence-corrected chi connectivity index (χ2v) is 7.08. The van der Waals surface area contributed by atoms with Gasteiger partial charge in [-0.1, -0.05) is 18.2 Å². The van der Waals surface area contributed by atoms with Crippen molar-refractivity contribution in [2.75, 3.05) is 13.3 Å². The van der Waals surface area contributed by atoms with Gasteiger partial charge in [0.15, 0.2) is 5.85 Å². The molecule has 6 heteroatoms. The molecular formula is C12H13O5P. The fourth-order valence-electron chi connectivity index (χ4n) is 2.22. The molecule has 18 heavy (non-hydrogen) atoms. The van der Waals surface area contributed by atoms with Gasteiger partial charge in [0, 0.05) is 7.11 Å². The van der Waals surface area contributed by atoms with E-state index in [1.807, 2.05) is 6.07 Å². The Kier molecular flexibility index (Phi) is 2.77. The lowest BCUT2D eigenvalue weighted by Crippen LogP contribution is -2.24. The van der Waals surface area contributed by atoms with Crippen LogP contribution in [0.2, 0.25) is 0 Å². The third-order valence-electron chi connectivity index (χ3n) is 3.27. The predicted octanol–water partition coefficient (Wildman–Crippen LogP) is 1.87. The second-order valence-electron chi connectivity index (χ2n) is 4.39. The van der Waals surface area contributed by atoms with Crippen LogP contribution in [0.15, 0.2) is 30.3 Å². The first-order valence-electron chi connectivity index (χ1n) is 5.70. The Morgan fingerprint density at radius 2 is 2.11 bits per heavy atom. The van der Waals surface area contributed by atoms with E-state index in [1.165, 1.54) is 7.11 Å². The number of carbonyl (C=O) groups is 1. The number of ether oxygens (including phenoxy) is 2. The highest BCUT2D eigenvalue weighted by molar-refractivity contribution is 7.60. The highest BCUT2D eigenvalue weighted by atomic mass is 31.2. The summed E-state index contributed by atoms with van der Waals surface area (Å²) in [6, 6.07) is 8.71. The Morgan fingerprint density at radius 3 is 2.72 bits per heavy atom. The van der Waals surface area contributed by atoms with Gasteiger partial charge in [-0.15, -0.1) is 0 Å². The maximum absolute atomic E-state index is 12.1. The van der Waals surface area contributed by atoms with Crippen molar-refractivity contribution in [3.05, 3.63) is 35.9 Å².